The summed E-state index contributed by atoms with van der Waals surface area (Å²) < 4.78 is 0. The number of hydrogen-bond acceptors (Lipinski definition) is 4. The van der Waals surface area contributed by atoms with Gasteiger partial charge in [-0.3, -0.25) is 9.59 Å². The van der Waals surface area contributed by atoms with Gasteiger partial charge in [0.1, 0.15) is 0 Å². The highest BCUT2D eigenvalue weighted by Crippen LogP contribution is 2.19. The Morgan fingerprint density at radius 2 is 2.00 bits per heavy atom. The van der Waals surface area contributed by atoms with Crippen molar-refractivity contribution in [2.75, 3.05) is 26.2 Å². The summed E-state index contributed by atoms with van der Waals surface area (Å²) in [7, 11) is 0. The second-order valence-corrected chi connectivity index (χ2v) is 6.37. The third-order valence-corrected chi connectivity index (χ3v) is 4.90. The van der Waals surface area contributed by atoms with Crippen molar-refractivity contribution in [1.82, 2.24) is 20.4 Å². The highest BCUT2D eigenvalue weighted by atomic mass is 16.2. The molecule has 0 atom stereocenters. The zero-order chi connectivity index (χ0) is 16.9. The Labute approximate surface area is 141 Å². The molecule has 6 heteroatoms. The molecule has 2 N–H and O–H groups in total. The zero-order valence-electron chi connectivity index (χ0n) is 14.0. The molecule has 1 aliphatic rings. The van der Waals surface area contributed by atoms with E-state index in [1.54, 1.807) is 18.2 Å². The van der Waals surface area contributed by atoms with E-state index in [1.165, 1.54) is 12.8 Å². The molecule has 6 nitrogen and oxygen atoms in total. The van der Waals surface area contributed by atoms with Crippen LogP contribution in [-0.4, -0.2) is 47.2 Å². The maximum absolute atomic E-state index is 12.4. The number of nitrogens with one attached hydrogen (secondary N) is 2. The molecule has 0 unspecified atom stereocenters. The van der Waals surface area contributed by atoms with E-state index in [2.05, 4.69) is 27.3 Å². The van der Waals surface area contributed by atoms with Crippen molar-refractivity contribution in [1.29, 1.82) is 0 Å². The van der Waals surface area contributed by atoms with Gasteiger partial charge in [-0.25, -0.2) is 5.10 Å². The first kappa shape index (κ1) is 16.6. The average Bonchev–Trinajstić information content (AvgIpc) is 2.63. The summed E-state index contributed by atoms with van der Waals surface area (Å²) in [5.74, 6) is 0.446. The minimum Gasteiger partial charge on any atom is -0.351 e. The molecule has 1 aliphatic heterocycles. The van der Waals surface area contributed by atoms with Crippen LogP contribution in [0.3, 0.4) is 0 Å². The number of H-pyrrole nitrogens is 1. The summed E-state index contributed by atoms with van der Waals surface area (Å²) >= 11 is 0. The highest BCUT2D eigenvalue weighted by Gasteiger charge is 2.19. The van der Waals surface area contributed by atoms with Gasteiger partial charge in [0.15, 0.2) is 5.69 Å². The topological polar surface area (TPSA) is 78.1 Å². The van der Waals surface area contributed by atoms with Crippen LogP contribution in [0.4, 0.5) is 0 Å². The number of carbonyl (C=O) groups excluding carboxylic acids is 1. The Balaban J connectivity index is 1.58. The van der Waals surface area contributed by atoms with E-state index in [0.717, 1.165) is 26.1 Å². The molecule has 0 radical (unpaired) electrons. The van der Waals surface area contributed by atoms with Gasteiger partial charge in [-0.1, -0.05) is 25.1 Å². The van der Waals surface area contributed by atoms with Gasteiger partial charge in [0.05, 0.1) is 5.39 Å². The fourth-order valence-electron chi connectivity index (χ4n) is 3.35. The third kappa shape index (κ3) is 3.64. The lowest BCUT2D eigenvalue weighted by atomic mass is 9.93. The molecule has 1 fully saturated rings. The van der Waals surface area contributed by atoms with Crippen LogP contribution in [0.25, 0.3) is 10.8 Å². The first-order valence-corrected chi connectivity index (χ1v) is 8.67. The minimum atomic E-state index is -0.273. The lowest BCUT2D eigenvalue weighted by Crippen LogP contribution is -2.35. The summed E-state index contributed by atoms with van der Waals surface area (Å²) in [6.07, 6.45) is 3.39. The molecule has 0 spiro atoms. The number of fused-ring (bicyclic) bond motifs is 1. The van der Waals surface area contributed by atoms with Crippen LogP contribution in [0.5, 0.6) is 0 Å². The molecule has 128 valence electrons. The molecular weight excluding hydrogens is 304 g/mol. The number of carbonyl (C=O) groups is 1. The van der Waals surface area contributed by atoms with E-state index in [0.29, 0.717) is 23.2 Å². The molecule has 0 aliphatic carbocycles. The summed E-state index contributed by atoms with van der Waals surface area (Å²) in [5, 5.41) is 10.4. The molecule has 1 aromatic heterocycles. The molecule has 1 amide bonds. The number of piperidine rings is 1. The predicted octanol–water partition coefficient (Wildman–Crippen LogP) is 1.77. The monoisotopic (exact) mass is 328 g/mol. The third-order valence-electron chi connectivity index (χ3n) is 4.90. The Bertz CT molecular complexity index is 763. The summed E-state index contributed by atoms with van der Waals surface area (Å²) in [6.45, 7) is 6.27. The van der Waals surface area contributed by atoms with Gasteiger partial charge in [0, 0.05) is 11.9 Å². The van der Waals surface area contributed by atoms with Crippen molar-refractivity contribution in [3.63, 3.8) is 0 Å². The smallest absolute Gasteiger partial charge is 0.272 e. The lowest BCUT2D eigenvalue weighted by molar-refractivity contribution is 0.0944. The van der Waals surface area contributed by atoms with Crippen LogP contribution in [-0.2, 0) is 0 Å². The summed E-state index contributed by atoms with van der Waals surface area (Å²) in [6, 6.07) is 7.05. The summed E-state index contributed by atoms with van der Waals surface area (Å²) in [5.41, 5.74) is 0.0100. The van der Waals surface area contributed by atoms with E-state index in [-0.39, 0.29) is 17.2 Å². The Kier molecular flexibility index (Phi) is 5.25. The quantitative estimate of drug-likeness (QED) is 0.877. The molecule has 2 aromatic rings. The lowest BCUT2D eigenvalue weighted by Gasteiger charge is -2.30. The van der Waals surface area contributed by atoms with E-state index in [4.69, 9.17) is 0 Å². The van der Waals surface area contributed by atoms with E-state index in [1.807, 2.05) is 6.07 Å². The molecule has 24 heavy (non-hydrogen) atoms. The molecular formula is C18H24N4O2. The van der Waals surface area contributed by atoms with Gasteiger partial charge < -0.3 is 10.2 Å². The van der Waals surface area contributed by atoms with Crippen LogP contribution < -0.4 is 10.9 Å². The predicted molar refractivity (Wildman–Crippen MR) is 94.2 cm³/mol. The number of amides is 1. The number of aromatic amines is 1. The zero-order valence-corrected chi connectivity index (χ0v) is 14.0. The Morgan fingerprint density at radius 3 is 2.71 bits per heavy atom. The number of likely N-dealkylation sites (tertiary alicyclic amines) is 1. The molecule has 2 heterocycles. The van der Waals surface area contributed by atoms with Crippen LogP contribution in [0.2, 0.25) is 0 Å². The van der Waals surface area contributed by atoms with Gasteiger partial charge in [0.25, 0.3) is 11.5 Å². The van der Waals surface area contributed by atoms with Crippen molar-refractivity contribution in [3.8, 4) is 0 Å². The second kappa shape index (κ2) is 7.57. The van der Waals surface area contributed by atoms with Crippen LogP contribution in [0, 0.1) is 5.92 Å². The van der Waals surface area contributed by atoms with Gasteiger partial charge in [-0.15, -0.1) is 0 Å². The van der Waals surface area contributed by atoms with Crippen molar-refractivity contribution >= 4 is 16.7 Å². The standard InChI is InChI=1S/C18H24N4O2/c1-2-22-11-8-13(9-12-22)7-10-19-18(24)16-14-5-3-4-6-15(14)17(23)21-20-16/h3-6,13H,2,7-12H2,1H3,(H,19,24)(H,21,23). The van der Waals surface area contributed by atoms with Gasteiger partial charge >= 0.3 is 0 Å². The number of benzene rings is 1. The average molecular weight is 328 g/mol. The van der Waals surface area contributed by atoms with E-state index in [9.17, 15) is 9.59 Å². The number of rotatable bonds is 5. The molecule has 1 saturated heterocycles. The van der Waals surface area contributed by atoms with Gasteiger partial charge in [0.2, 0.25) is 0 Å². The Morgan fingerprint density at radius 1 is 1.29 bits per heavy atom. The second-order valence-electron chi connectivity index (χ2n) is 6.37. The SMILES string of the molecule is CCN1CCC(CCNC(=O)c2n[nH]c(=O)c3ccccc23)CC1. The first-order valence-electron chi connectivity index (χ1n) is 8.67. The molecule has 0 bridgehead atoms. The summed E-state index contributed by atoms with van der Waals surface area (Å²) in [4.78, 5) is 26.6. The van der Waals surface area contributed by atoms with Crippen molar-refractivity contribution in [2.45, 2.75) is 26.2 Å². The first-order chi connectivity index (χ1) is 11.7. The van der Waals surface area contributed by atoms with Crippen molar-refractivity contribution < 1.29 is 4.79 Å². The molecule has 0 saturated carbocycles. The van der Waals surface area contributed by atoms with E-state index >= 15 is 0 Å². The maximum atomic E-state index is 12.4. The minimum absolute atomic E-state index is 0.228. The number of nitrogens with zero attached hydrogens (tertiary/aromatic N) is 2. The van der Waals surface area contributed by atoms with Crippen LogP contribution in [0.1, 0.15) is 36.7 Å². The number of hydrogen-bond donors (Lipinski definition) is 2. The van der Waals surface area contributed by atoms with E-state index < -0.39 is 0 Å². The van der Waals surface area contributed by atoms with Gasteiger partial charge in [-0.05, 0) is 50.9 Å². The fourth-order valence-corrected chi connectivity index (χ4v) is 3.35. The van der Waals surface area contributed by atoms with Gasteiger partial charge in [-0.2, -0.15) is 5.10 Å². The largest absolute Gasteiger partial charge is 0.351 e. The fraction of sp³-hybridized carbons (Fsp3) is 0.500. The van der Waals surface area contributed by atoms with Crippen LogP contribution >= 0.6 is 0 Å². The normalized spacial score (nSPS) is 16.4. The molecule has 1 aromatic carbocycles. The highest BCUT2D eigenvalue weighted by molar-refractivity contribution is 6.04. The van der Waals surface area contributed by atoms with Crippen LogP contribution in [0.15, 0.2) is 29.1 Å². The van der Waals surface area contributed by atoms with Crippen molar-refractivity contribution in [2.24, 2.45) is 5.92 Å². The Hall–Kier alpha value is -2.21. The molecule has 3 rings (SSSR count). The van der Waals surface area contributed by atoms with Crippen molar-refractivity contribution in [3.05, 3.63) is 40.3 Å². The maximum Gasteiger partial charge on any atom is 0.272 e. The number of aromatic nitrogens is 2.